The highest BCUT2D eigenvalue weighted by Crippen LogP contribution is 2.44. The van der Waals surface area contributed by atoms with Crippen LogP contribution in [0.5, 0.6) is 5.75 Å². The van der Waals surface area contributed by atoms with Crippen LogP contribution < -0.4 is 4.74 Å². The number of benzene rings is 1. The molecule has 5 nitrogen and oxygen atoms in total. The first-order valence-corrected chi connectivity index (χ1v) is 11.2. The lowest BCUT2D eigenvalue weighted by Gasteiger charge is -2.54. The standard InChI is InChI=1S/C19H28N2O3S/c1-24-17-8-6-15(7-9-17)18-4-3-5-19-16-10-14(12-21(18)19)11-20(13-16)25(2,22)23/h6-9,14,16,18-19H,3-5,10-13H2,1-2H3/t14-,16+,18+,19-/m0/s1. The van der Waals surface area contributed by atoms with Gasteiger partial charge in [-0.25, -0.2) is 12.7 Å². The molecule has 2 bridgehead atoms. The van der Waals surface area contributed by atoms with E-state index in [1.807, 2.05) is 0 Å². The van der Waals surface area contributed by atoms with Gasteiger partial charge in [0.05, 0.1) is 13.4 Å². The third kappa shape index (κ3) is 3.32. The minimum absolute atomic E-state index is 0.458. The van der Waals surface area contributed by atoms with Crippen LogP contribution in [0.3, 0.4) is 0 Å². The van der Waals surface area contributed by atoms with Gasteiger partial charge in [-0.2, -0.15) is 0 Å². The van der Waals surface area contributed by atoms with Gasteiger partial charge < -0.3 is 4.74 Å². The number of rotatable bonds is 3. The van der Waals surface area contributed by atoms with Crippen molar-refractivity contribution in [1.29, 1.82) is 0 Å². The van der Waals surface area contributed by atoms with Crippen molar-refractivity contribution in [3.63, 3.8) is 0 Å². The molecule has 1 aromatic carbocycles. The van der Waals surface area contributed by atoms with Crippen LogP contribution in [0.1, 0.15) is 37.3 Å². The Morgan fingerprint density at radius 2 is 1.84 bits per heavy atom. The summed E-state index contributed by atoms with van der Waals surface area (Å²) in [6, 6.07) is 9.46. The van der Waals surface area contributed by atoms with Crippen molar-refractivity contribution in [2.24, 2.45) is 11.8 Å². The molecule has 0 radical (unpaired) electrons. The molecule has 138 valence electrons. The van der Waals surface area contributed by atoms with Crippen LogP contribution in [-0.4, -0.2) is 56.7 Å². The average molecular weight is 365 g/mol. The van der Waals surface area contributed by atoms with E-state index in [-0.39, 0.29) is 0 Å². The van der Waals surface area contributed by atoms with Crippen LogP contribution in [0, 0.1) is 11.8 Å². The smallest absolute Gasteiger partial charge is 0.211 e. The Hall–Kier alpha value is -1.11. The zero-order valence-electron chi connectivity index (χ0n) is 15.1. The third-order valence-corrected chi connectivity index (χ3v) is 7.56. The van der Waals surface area contributed by atoms with E-state index in [9.17, 15) is 8.42 Å². The molecule has 0 spiro atoms. The predicted octanol–water partition coefficient (Wildman–Crippen LogP) is 2.50. The summed E-state index contributed by atoms with van der Waals surface area (Å²) in [5.41, 5.74) is 1.37. The van der Waals surface area contributed by atoms with Crippen LogP contribution in [0.4, 0.5) is 0 Å². The van der Waals surface area contributed by atoms with E-state index in [4.69, 9.17) is 4.74 Å². The first-order valence-electron chi connectivity index (χ1n) is 9.30. The fourth-order valence-electron chi connectivity index (χ4n) is 5.22. The van der Waals surface area contributed by atoms with E-state index >= 15 is 0 Å². The first-order chi connectivity index (χ1) is 12.0. The Morgan fingerprint density at radius 1 is 1.08 bits per heavy atom. The second kappa shape index (κ2) is 6.56. The summed E-state index contributed by atoms with van der Waals surface area (Å²) in [6.45, 7) is 2.41. The molecule has 3 saturated heterocycles. The van der Waals surface area contributed by atoms with Gasteiger partial charge in [0.1, 0.15) is 5.75 Å². The zero-order valence-corrected chi connectivity index (χ0v) is 15.9. The van der Waals surface area contributed by atoms with Gasteiger partial charge in [0, 0.05) is 31.7 Å². The molecule has 0 aromatic heterocycles. The van der Waals surface area contributed by atoms with Crippen molar-refractivity contribution in [1.82, 2.24) is 9.21 Å². The van der Waals surface area contributed by atoms with Crippen molar-refractivity contribution < 1.29 is 13.2 Å². The third-order valence-electron chi connectivity index (χ3n) is 6.32. The van der Waals surface area contributed by atoms with Crippen LogP contribution >= 0.6 is 0 Å². The van der Waals surface area contributed by atoms with Gasteiger partial charge in [-0.15, -0.1) is 0 Å². The minimum Gasteiger partial charge on any atom is -0.497 e. The lowest BCUT2D eigenvalue weighted by molar-refractivity contribution is -0.0415. The van der Waals surface area contributed by atoms with Crippen LogP contribution in [-0.2, 0) is 10.0 Å². The van der Waals surface area contributed by atoms with Crippen LogP contribution in [0.15, 0.2) is 24.3 Å². The quantitative estimate of drug-likeness (QED) is 0.827. The topological polar surface area (TPSA) is 49.9 Å². The molecule has 6 heteroatoms. The molecule has 3 heterocycles. The normalized spacial score (nSPS) is 33.7. The summed E-state index contributed by atoms with van der Waals surface area (Å²) in [6.07, 6.45) is 6.15. The monoisotopic (exact) mass is 364 g/mol. The van der Waals surface area contributed by atoms with Gasteiger partial charge in [0.2, 0.25) is 10.0 Å². The van der Waals surface area contributed by atoms with Crippen LogP contribution in [0.25, 0.3) is 0 Å². The van der Waals surface area contributed by atoms with E-state index < -0.39 is 10.0 Å². The van der Waals surface area contributed by atoms with Crippen LogP contribution in [0.2, 0.25) is 0 Å². The van der Waals surface area contributed by atoms with E-state index in [2.05, 4.69) is 29.2 Å². The molecule has 0 N–H and O–H groups in total. The number of piperidine rings is 3. The van der Waals surface area contributed by atoms with Crippen molar-refractivity contribution in [2.75, 3.05) is 33.0 Å². The molecule has 1 aromatic rings. The van der Waals surface area contributed by atoms with E-state index in [0.29, 0.717) is 37.0 Å². The molecule has 0 amide bonds. The van der Waals surface area contributed by atoms with Crippen molar-refractivity contribution >= 4 is 10.0 Å². The minimum atomic E-state index is -3.08. The highest BCUT2D eigenvalue weighted by atomic mass is 32.2. The second-order valence-corrected chi connectivity index (χ2v) is 9.91. The van der Waals surface area contributed by atoms with E-state index in [1.165, 1.54) is 37.5 Å². The summed E-state index contributed by atoms with van der Waals surface area (Å²) in [5, 5.41) is 0. The molecule has 4 atom stereocenters. The van der Waals surface area contributed by atoms with E-state index in [0.717, 1.165) is 12.3 Å². The fourth-order valence-corrected chi connectivity index (χ4v) is 6.16. The molecule has 0 saturated carbocycles. The van der Waals surface area contributed by atoms with Gasteiger partial charge >= 0.3 is 0 Å². The summed E-state index contributed by atoms with van der Waals surface area (Å²) >= 11 is 0. The summed E-state index contributed by atoms with van der Waals surface area (Å²) in [4.78, 5) is 2.68. The van der Waals surface area contributed by atoms with Gasteiger partial charge in [-0.05, 0) is 55.2 Å². The maximum absolute atomic E-state index is 12.0. The summed E-state index contributed by atoms with van der Waals surface area (Å²) in [7, 11) is -1.38. The van der Waals surface area contributed by atoms with Crippen molar-refractivity contribution in [3.05, 3.63) is 29.8 Å². The summed E-state index contributed by atoms with van der Waals surface area (Å²) < 4.78 is 31.1. The number of methoxy groups -OCH3 is 1. The number of ether oxygens (including phenoxy) is 1. The molecule has 0 aliphatic carbocycles. The average Bonchev–Trinajstić information content (AvgIpc) is 2.60. The van der Waals surface area contributed by atoms with Gasteiger partial charge in [-0.1, -0.05) is 12.1 Å². The Balaban J connectivity index is 1.57. The number of hydrogen-bond acceptors (Lipinski definition) is 4. The molecule has 4 rings (SSSR count). The SMILES string of the molecule is COc1ccc([C@H]2CCC[C@H]3[C@@H]4C[C@H](CN23)CN(S(C)(=O)=O)C4)cc1. The Bertz CT molecular complexity index is 719. The molecule has 3 aliphatic rings. The number of fused-ring (bicyclic) bond motifs is 4. The van der Waals surface area contributed by atoms with Crippen molar-refractivity contribution in [2.45, 2.75) is 37.8 Å². The maximum atomic E-state index is 12.0. The van der Waals surface area contributed by atoms with E-state index in [1.54, 1.807) is 11.4 Å². The highest BCUT2D eigenvalue weighted by molar-refractivity contribution is 7.88. The molecule has 3 aliphatic heterocycles. The fraction of sp³-hybridized carbons (Fsp3) is 0.684. The number of sulfonamides is 1. The van der Waals surface area contributed by atoms with Crippen molar-refractivity contribution in [3.8, 4) is 5.75 Å². The molecular weight excluding hydrogens is 336 g/mol. The number of hydrogen-bond donors (Lipinski definition) is 0. The Labute approximate surface area is 151 Å². The van der Waals surface area contributed by atoms with Gasteiger partial charge in [-0.3, -0.25) is 4.90 Å². The second-order valence-electron chi connectivity index (χ2n) is 7.93. The number of nitrogens with zero attached hydrogens (tertiary/aromatic N) is 2. The molecule has 0 unspecified atom stereocenters. The lowest BCUT2D eigenvalue weighted by atomic mass is 9.74. The zero-order chi connectivity index (χ0) is 17.6. The molecule has 3 fully saturated rings. The highest BCUT2D eigenvalue weighted by Gasteiger charge is 2.46. The largest absolute Gasteiger partial charge is 0.497 e. The van der Waals surface area contributed by atoms with Gasteiger partial charge in [0.15, 0.2) is 0 Å². The first kappa shape index (κ1) is 17.3. The summed E-state index contributed by atoms with van der Waals surface area (Å²) in [5.74, 6) is 1.84. The Kier molecular flexibility index (Phi) is 4.54. The lowest BCUT2D eigenvalue weighted by Crippen LogP contribution is -2.60. The molecule has 25 heavy (non-hydrogen) atoms. The molecular formula is C19H28N2O3S. The Morgan fingerprint density at radius 3 is 2.52 bits per heavy atom. The predicted molar refractivity (Wildman–Crippen MR) is 98.1 cm³/mol. The maximum Gasteiger partial charge on any atom is 0.211 e. The van der Waals surface area contributed by atoms with Gasteiger partial charge in [0.25, 0.3) is 0 Å².